The normalized spacial score (nSPS) is 22.9. The van der Waals surface area contributed by atoms with E-state index < -0.39 is 12.0 Å². The Morgan fingerprint density at radius 1 is 1.56 bits per heavy atom. The number of piperidine rings is 1. The van der Waals surface area contributed by atoms with E-state index in [-0.39, 0.29) is 6.10 Å². The molecule has 0 aliphatic carbocycles. The zero-order valence-corrected chi connectivity index (χ0v) is 11.5. The van der Waals surface area contributed by atoms with Gasteiger partial charge in [0.05, 0.1) is 6.10 Å². The van der Waals surface area contributed by atoms with Gasteiger partial charge in [-0.2, -0.15) is 0 Å². The molecule has 5 heteroatoms. The number of likely N-dealkylation sites (N-methyl/N-ethyl adjacent to an activating group) is 1. The number of aliphatic carboxylic acids is 1. The van der Waals surface area contributed by atoms with Gasteiger partial charge in [-0.15, -0.1) is 0 Å². The van der Waals surface area contributed by atoms with Crippen LogP contribution in [0.25, 0.3) is 0 Å². The smallest absolute Gasteiger partial charge is 0.322 e. The molecule has 0 saturated carbocycles. The van der Waals surface area contributed by atoms with Gasteiger partial charge in [0.25, 0.3) is 0 Å². The summed E-state index contributed by atoms with van der Waals surface area (Å²) in [4.78, 5) is 13.3. The van der Waals surface area contributed by atoms with Crippen molar-refractivity contribution in [2.75, 3.05) is 32.8 Å². The number of carboxylic acid groups (broad SMARTS) is 1. The van der Waals surface area contributed by atoms with Crippen LogP contribution in [0.3, 0.4) is 0 Å². The van der Waals surface area contributed by atoms with Gasteiger partial charge in [-0.3, -0.25) is 9.69 Å². The van der Waals surface area contributed by atoms with Crippen molar-refractivity contribution in [3.05, 3.63) is 0 Å². The SMILES string of the molecule is CCCOC1CCCN(CC(NCC)C(=O)O)C1. The van der Waals surface area contributed by atoms with Crippen LogP contribution in [0.5, 0.6) is 0 Å². The molecule has 1 aliphatic rings. The topological polar surface area (TPSA) is 61.8 Å². The standard InChI is InChI=1S/C13H26N2O3/c1-3-8-18-11-6-5-7-15(9-11)10-12(13(16)17)14-4-2/h11-12,14H,3-10H2,1-2H3,(H,16,17). The quantitative estimate of drug-likeness (QED) is 0.678. The van der Waals surface area contributed by atoms with Crippen molar-refractivity contribution in [2.24, 2.45) is 0 Å². The Labute approximate surface area is 109 Å². The molecule has 1 aliphatic heterocycles. The van der Waals surface area contributed by atoms with Crippen LogP contribution in [-0.4, -0.2) is 60.9 Å². The second-order valence-electron chi connectivity index (χ2n) is 4.84. The zero-order chi connectivity index (χ0) is 13.4. The van der Waals surface area contributed by atoms with Crippen LogP contribution in [0.4, 0.5) is 0 Å². The second-order valence-corrected chi connectivity index (χ2v) is 4.84. The summed E-state index contributed by atoms with van der Waals surface area (Å²) in [5.41, 5.74) is 0. The van der Waals surface area contributed by atoms with Crippen molar-refractivity contribution in [1.29, 1.82) is 0 Å². The molecule has 1 rings (SSSR count). The van der Waals surface area contributed by atoms with Gasteiger partial charge in [0.2, 0.25) is 0 Å². The summed E-state index contributed by atoms with van der Waals surface area (Å²) in [6.07, 6.45) is 3.49. The molecular weight excluding hydrogens is 232 g/mol. The number of nitrogens with zero attached hydrogens (tertiary/aromatic N) is 1. The molecule has 0 aromatic heterocycles. The molecule has 5 nitrogen and oxygen atoms in total. The fraction of sp³-hybridized carbons (Fsp3) is 0.923. The Morgan fingerprint density at radius 3 is 2.94 bits per heavy atom. The van der Waals surface area contributed by atoms with Gasteiger partial charge < -0.3 is 15.2 Å². The molecule has 0 amide bonds. The Bertz CT molecular complexity index is 248. The molecule has 1 fully saturated rings. The van der Waals surface area contributed by atoms with E-state index in [9.17, 15) is 4.79 Å². The van der Waals surface area contributed by atoms with Crippen LogP contribution >= 0.6 is 0 Å². The van der Waals surface area contributed by atoms with Crippen molar-refractivity contribution < 1.29 is 14.6 Å². The maximum absolute atomic E-state index is 11.1. The number of likely N-dealkylation sites (tertiary alicyclic amines) is 1. The van der Waals surface area contributed by atoms with Crippen LogP contribution in [0.15, 0.2) is 0 Å². The van der Waals surface area contributed by atoms with Crippen LogP contribution in [-0.2, 0) is 9.53 Å². The van der Waals surface area contributed by atoms with Crippen molar-refractivity contribution in [2.45, 2.75) is 45.3 Å². The number of carbonyl (C=O) groups is 1. The monoisotopic (exact) mass is 258 g/mol. The van der Waals surface area contributed by atoms with E-state index in [1.54, 1.807) is 0 Å². The van der Waals surface area contributed by atoms with Crippen molar-refractivity contribution in [3.8, 4) is 0 Å². The van der Waals surface area contributed by atoms with E-state index in [1.165, 1.54) is 0 Å². The third-order valence-corrected chi connectivity index (χ3v) is 3.21. The summed E-state index contributed by atoms with van der Waals surface area (Å²) >= 11 is 0. The molecule has 0 aromatic carbocycles. The minimum Gasteiger partial charge on any atom is -0.480 e. The average molecular weight is 258 g/mol. The third-order valence-electron chi connectivity index (χ3n) is 3.21. The average Bonchev–Trinajstić information content (AvgIpc) is 2.36. The highest BCUT2D eigenvalue weighted by Crippen LogP contribution is 2.13. The predicted octanol–water partition coefficient (Wildman–Crippen LogP) is 0.940. The van der Waals surface area contributed by atoms with Gasteiger partial charge >= 0.3 is 5.97 Å². The van der Waals surface area contributed by atoms with Gasteiger partial charge in [0.15, 0.2) is 0 Å². The predicted molar refractivity (Wildman–Crippen MR) is 70.8 cm³/mol. The minimum absolute atomic E-state index is 0.273. The molecule has 0 aromatic rings. The number of nitrogens with one attached hydrogen (secondary N) is 1. The number of ether oxygens (including phenoxy) is 1. The fourth-order valence-corrected chi connectivity index (χ4v) is 2.33. The number of carboxylic acids is 1. The summed E-state index contributed by atoms with van der Waals surface area (Å²) in [7, 11) is 0. The van der Waals surface area contributed by atoms with Gasteiger partial charge in [-0.1, -0.05) is 13.8 Å². The molecular formula is C13H26N2O3. The van der Waals surface area contributed by atoms with Gasteiger partial charge in [-0.05, 0) is 32.4 Å². The highest BCUT2D eigenvalue weighted by atomic mass is 16.5. The summed E-state index contributed by atoms with van der Waals surface area (Å²) < 4.78 is 5.75. The third kappa shape index (κ3) is 5.33. The lowest BCUT2D eigenvalue weighted by Gasteiger charge is -2.34. The van der Waals surface area contributed by atoms with Crippen molar-refractivity contribution in [1.82, 2.24) is 10.2 Å². The van der Waals surface area contributed by atoms with E-state index in [0.717, 1.165) is 39.0 Å². The lowest BCUT2D eigenvalue weighted by Crippen LogP contribution is -2.50. The Hall–Kier alpha value is -0.650. The van der Waals surface area contributed by atoms with E-state index in [4.69, 9.17) is 9.84 Å². The molecule has 2 N–H and O–H groups in total. The summed E-state index contributed by atoms with van der Waals surface area (Å²) in [5.74, 6) is -0.770. The first kappa shape index (κ1) is 15.4. The van der Waals surface area contributed by atoms with Crippen molar-refractivity contribution >= 4 is 5.97 Å². The Balaban J connectivity index is 2.37. The first-order chi connectivity index (χ1) is 8.67. The Kier molecular flexibility index (Phi) is 7.23. The molecule has 0 spiro atoms. The highest BCUT2D eigenvalue weighted by molar-refractivity contribution is 5.73. The summed E-state index contributed by atoms with van der Waals surface area (Å²) in [6.45, 7) is 7.91. The lowest BCUT2D eigenvalue weighted by atomic mass is 10.1. The van der Waals surface area contributed by atoms with Gasteiger partial charge in [0.1, 0.15) is 6.04 Å². The van der Waals surface area contributed by atoms with Gasteiger partial charge in [0, 0.05) is 19.7 Å². The zero-order valence-electron chi connectivity index (χ0n) is 11.5. The second kappa shape index (κ2) is 8.45. The highest BCUT2D eigenvalue weighted by Gasteiger charge is 2.25. The first-order valence-corrected chi connectivity index (χ1v) is 6.97. The molecule has 1 heterocycles. The lowest BCUT2D eigenvalue weighted by molar-refractivity contribution is -0.140. The molecule has 2 unspecified atom stereocenters. The minimum atomic E-state index is -0.770. The van der Waals surface area contributed by atoms with Crippen LogP contribution < -0.4 is 5.32 Å². The first-order valence-electron chi connectivity index (χ1n) is 6.97. The molecule has 0 radical (unpaired) electrons. The van der Waals surface area contributed by atoms with Crippen LogP contribution in [0.2, 0.25) is 0 Å². The Morgan fingerprint density at radius 2 is 2.33 bits per heavy atom. The molecule has 2 atom stereocenters. The molecule has 106 valence electrons. The maximum Gasteiger partial charge on any atom is 0.322 e. The molecule has 1 saturated heterocycles. The maximum atomic E-state index is 11.1. The summed E-state index contributed by atoms with van der Waals surface area (Å²) in [5, 5.41) is 12.1. The number of hydrogen-bond acceptors (Lipinski definition) is 4. The number of rotatable bonds is 8. The fourth-order valence-electron chi connectivity index (χ4n) is 2.33. The number of hydrogen-bond donors (Lipinski definition) is 2. The summed E-state index contributed by atoms with van der Waals surface area (Å²) in [6, 6.07) is -0.472. The molecule has 0 bridgehead atoms. The van der Waals surface area contributed by atoms with Crippen molar-refractivity contribution in [3.63, 3.8) is 0 Å². The van der Waals surface area contributed by atoms with E-state index in [1.807, 2.05) is 6.92 Å². The van der Waals surface area contributed by atoms with Gasteiger partial charge in [-0.25, -0.2) is 0 Å². The van der Waals surface area contributed by atoms with Crippen LogP contribution in [0, 0.1) is 0 Å². The van der Waals surface area contributed by atoms with E-state index >= 15 is 0 Å². The van der Waals surface area contributed by atoms with E-state index in [2.05, 4.69) is 17.1 Å². The largest absolute Gasteiger partial charge is 0.480 e. The van der Waals surface area contributed by atoms with Crippen LogP contribution in [0.1, 0.15) is 33.1 Å². The molecule has 18 heavy (non-hydrogen) atoms. The van der Waals surface area contributed by atoms with E-state index in [0.29, 0.717) is 13.1 Å².